The van der Waals surface area contributed by atoms with E-state index in [1.165, 1.54) is 12.1 Å². The number of sulfonamides is 1. The molecule has 1 aliphatic carbocycles. The molecule has 3 rings (SSSR count). The van der Waals surface area contributed by atoms with Crippen molar-refractivity contribution in [2.75, 3.05) is 33.4 Å². The number of piperidine rings is 1. The molecule has 1 heterocycles. The maximum Gasteiger partial charge on any atom is 0.251 e. The summed E-state index contributed by atoms with van der Waals surface area (Å²) < 4.78 is 32.7. The Labute approximate surface area is 167 Å². The number of nitrogens with one attached hydrogen (secondary N) is 3. The average Bonchev–Trinajstić information content (AvgIpc) is 3.44. The molecule has 0 atom stereocenters. The lowest BCUT2D eigenvalue weighted by Gasteiger charge is -2.37. The van der Waals surface area contributed by atoms with Gasteiger partial charge < -0.3 is 15.4 Å². The molecule has 9 heteroatoms. The number of ether oxygens (including phenoxy) is 1. The molecule has 3 N–H and O–H groups in total. The third-order valence-electron chi connectivity index (χ3n) is 5.04. The van der Waals surface area contributed by atoms with E-state index in [0.717, 1.165) is 38.8 Å². The van der Waals surface area contributed by atoms with Crippen LogP contribution in [0.25, 0.3) is 0 Å². The minimum absolute atomic E-state index is 0. The number of benzene rings is 1. The summed E-state index contributed by atoms with van der Waals surface area (Å²) in [4.78, 5) is 12.7. The van der Waals surface area contributed by atoms with Gasteiger partial charge >= 0.3 is 0 Å². The molecule has 2 fully saturated rings. The topological polar surface area (TPSA) is 96.5 Å². The van der Waals surface area contributed by atoms with Crippen LogP contribution in [-0.4, -0.2) is 53.7 Å². The van der Waals surface area contributed by atoms with Crippen LogP contribution in [0.3, 0.4) is 0 Å². The van der Waals surface area contributed by atoms with Crippen LogP contribution in [0.2, 0.25) is 0 Å². The monoisotopic (exact) mass is 417 g/mol. The molecule has 7 nitrogen and oxygen atoms in total. The van der Waals surface area contributed by atoms with E-state index >= 15 is 0 Å². The van der Waals surface area contributed by atoms with Gasteiger partial charge in [-0.05, 0) is 57.0 Å². The first-order chi connectivity index (χ1) is 12.4. The molecule has 0 bridgehead atoms. The Morgan fingerprint density at radius 3 is 2.63 bits per heavy atom. The highest BCUT2D eigenvalue weighted by Gasteiger charge is 2.33. The number of carbonyl (C=O) groups is 1. The Balaban J connectivity index is 0.00000261. The van der Waals surface area contributed by atoms with Crippen LogP contribution in [0.1, 0.15) is 36.0 Å². The Morgan fingerprint density at radius 2 is 2.00 bits per heavy atom. The second kappa shape index (κ2) is 9.34. The third kappa shape index (κ3) is 5.89. The minimum Gasteiger partial charge on any atom is -0.384 e. The maximum atomic E-state index is 12.6. The molecule has 1 aromatic rings. The summed E-state index contributed by atoms with van der Waals surface area (Å²) in [7, 11) is -1.89. The van der Waals surface area contributed by atoms with Crippen molar-refractivity contribution in [2.24, 2.45) is 5.41 Å². The lowest BCUT2D eigenvalue weighted by molar-refractivity contribution is 0.0511. The molecule has 152 valence electrons. The van der Waals surface area contributed by atoms with Gasteiger partial charge in [-0.2, -0.15) is 0 Å². The van der Waals surface area contributed by atoms with E-state index in [1.54, 1.807) is 19.2 Å². The zero-order chi connectivity index (χ0) is 18.6. The van der Waals surface area contributed by atoms with Gasteiger partial charge in [-0.3, -0.25) is 4.79 Å². The van der Waals surface area contributed by atoms with Crippen LogP contribution < -0.4 is 15.4 Å². The highest BCUT2D eigenvalue weighted by molar-refractivity contribution is 7.89. The fourth-order valence-electron chi connectivity index (χ4n) is 3.30. The first-order valence-electron chi connectivity index (χ1n) is 9.04. The molecule has 0 aromatic heterocycles. The number of hydrogen-bond acceptors (Lipinski definition) is 5. The summed E-state index contributed by atoms with van der Waals surface area (Å²) in [5, 5.41) is 6.28. The molecule has 1 aromatic carbocycles. The van der Waals surface area contributed by atoms with Crippen LogP contribution in [0, 0.1) is 5.41 Å². The van der Waals surface area contributed by atoms with E-state index in [-0.39, 0.29) is 34.7 Å². The first kappa shape index (κ1) is 22.1. The zero-order valence-electron chi connectivity index (χ0n) is 15.5. The summed E-state index contributed by atoms with van der Waals surface area (Å²) in [6.07, 6.45) is 3.60. The van der Waals surface area contributed by atoms with Crippen molar-refractivity contribution in [3.63, 3.8) is 0 Å². The van der Waals surface area contributed by atoms with Crippen LogP contribution in [0.5, 0.6) is 0 Å². The number of rotatable bonds is 8. The molecular formula is C18H28ClN3O4S. The molecular weight excluding hydrogens is 390 g/mol. The van der Waals surface area contributed by atoms with Gasteiger partial charge in [0, 0.05) is 30.7 Å². The van der Waals surface area contributed by atoms with Gasteiger partial charge in [0.25, 0.3) is 5.91 Å². The van der Waals surface area contributed by atoms with Crippen molar-refractivity contribution in [2.45, 2.75) is 36.6 Å². The third-order valence-corrected chi connectivity index (χ3v) is 6.56. The molecule has 1 amide bonds. The highest BCUT2D eigenvalue weighted by atomic mass is 35.5. The highest BCUT2D eigenvalue weighted by Crippen LogP contribution is 2.28. The number of methoxy groups -OCH3 is 1. The maximum absolute atomic E-state index is 12.6. The smallest absolute Gasteiger partial charge is 0.251 e. The van der Waals surface area contributed by atoms with Crippen LogP contribution >= 0.6 is 12.4 Å². The predicted molar refractivity (Wildman–Crippen MR) is 106 cm³/mol. The molecule has 1 saturated heterocycles. The number of hydrogen-bond donors (Lipinski definition) is 3. The quantitative estimate of drug-likeness (QED) is 0.592. The lowest BCUT2D eigenvalue weighted by Crippen LogP contribution is -2.47. The molecule has 0 radical (unpaired) electrons. The molecule has 27 heavy (non-hydrogen) atoms. The SMILES string of the molecule is COCC1(CNC(=O)c2cccc(S(=O)(=O)NC3CC3)c2)CCNCC1.Cl. The largest absolute Gasteiger partial charge is 0.384 e. The van der Waals surface area contributed by atoms with Gasteiger partial charge in [-0.25, -0.2) is 13.1 Å². The van der Waals surface area contributed by atoms with E-state index in [0.29, 0.717) is 18.7 Å². The zero-order valence-corrected chi connectivity index (χ0v) is 17.1. The van der Waals surface area contributed by atoms with Gasteiger partial charge in [-0.15, -0.1) is 12.4 Å². The van der Waals surface area contributed by atoms with Crippen molar-refractivity contribution in [3.05, 3.63) is 29.8 Å². The Morgan fingerprint density at radius 1 is 1.30 bits per heavy atom. The summed E-state index contributed by atoms with van der Waals surface area (Å²) in [6.45, 7) is 2.91. The van der Waals surface area contributed by atoms with Crippen molar-refractivity contribution >= 4 is 28.3 Å². The Bertz CT molecular complexity index is 741. The van der Waals surface area contributed by atoms with Gasteiger partial charge in [-0.1, -0.05) is 6.07 Å². The molecule has 1 aliphatic heterocycles. The average molecular weight is 418 g/mol. The van der Waals surface area contributed by atoms with Crippen LogP contribution in [0.15, 0.2) is 29.2 Å². The Hall–Kier alpha value is -1.19. The van der Waals surface area contributed by atoms with Gasteiger partial charge in [0.1, 0.15) is 0 Å². The van der Waals surface area contributed by atoms with Crippen LogP contribution in [-0.2, 0) is 14.8 Å². The Kier molecular flexibility index (Phi) is 7.64. The fraction of sp³-hybridized carbons (Fsp3) is 0.611. The van der Waals surface area contributed by atoms with Gasteiger partial charge in [0.05, 0.1) is 11.5 Å². The normalized spacial score (nSPS) is 19.1. The van der Waals surface area contributed by atoms with Crippen molar-refractivity contribution in [3.8, 4) is 0 Å². The van der Waals surface area contributed by atoms with E-state index in [4.69, 9.17) is 4.74 Å². The standard InChI is InChI=1S/C18H27N3O4S.ClH/c1-25-13-18(7-9-19-10-8-18)12-20-17(22)14-3-2-4-16(11-14)26(23,24)21-15-5-6-15;/h2-4,11,15,19,21H,5-10,12-13H2,1H3,(H,20,22);1H. The summed E-state index contributed by atoms with van der Waals surface area (Å²) in [5.74, 6) is -0.262. The van der Waals surface area contributed by atoms with Gasteiger partial charge in [0.2, 0.25) is 10.0 Å². The van der Waals surface area contributed by atoms with Crippen molar-refractivity contribution in [1.29, 1.82) is 0 Å². The number of carbonyl (C=O) groups excluding carboxylic acids is 1. The van der Waals surface area contributed by atoms with Gasteiger partial charge in [0.15, 0.2) is 0 Å². The second-order valence-electron chi connectivity index (χ2n) is 7.29. The second-order valence-corrected chi connectivity index (χ2v) is 9.00. The van der Waals surface area contributed by atoms with Crippen molar-refractivity contribution in [1.82, 2.24) is 15.4 Å². The molecule has 0 unspecified atom stereocenters. The lowest BCUT2D eigenvalue weighted by atomic mass is 9.79. The molecule has 1 saturated carbocycles. The van der Waals surface area contributed by atoms with Crippen LogP contribution in [0.4, 0.5) is 0 Å². The number of amides is 1. The number of halogens is 1. The predicted octanol–water partition coefficient (Wildman–Crippen LogP) is 1.30. The summed E-state index contributed by atoms with van der Waals surface area (Å²) >= 11 is 0. The van der Waals surface area contributed by atoms with E-state index in [2.05, 4.69) is 15.4 Å². The molecule has 2 aliphatic rings. The first-order valence-corrected chi connectivity index (χ1v) is 10.5. The fourth-order valence-corrected chi connectivity index (χ4v) is 4.65. The summed E-state index contributed by atoms with van der Waals surface area (Å²) in [6, 6.07) is 6.22. The van der Waals surface area contributed by atoms with E-state index < -0.39 is 10.0 Å². The van der Waals surface area contributed by atoms with Crippen molar-refractivity contribution < 1.29 is 17.9 Å². The minimum atomic E-state index is -3.57. The van der Waals surface area contributed by atoms with E-state index in [9.17, 15) is 13.2 Å². The summed E-state index contributed by atoms with van der Waals surface area (Å²) in [5.41, 5.74) is 0.275. The van der Waals surface area contributed by atoms with E-state index in [1.807, 2.05) is 0 Å². The molecule has 0 spiro atoms.